The van der Waals surface area contributed by atoms with Gasteiger partial charge in [-0.3, -0.25) is 0 Å². The van der Waals surface area contributed by atoms with Crippen molar-refractivity contribution in [1.82, 2.24) is 9.55 Å². The predicted molar refractivity (Wildman–Crippen MR) is 97.7 cm³/mol. The predicted octanol–water partition coefficient (Wildman–Crippen LogP) is 2.55. The minimum atomic E-state index is -0.701. The van der Waals surface area contributed by atoms with E-state index in [2.05, 4.69) is 4.98 Å². The van der Waals surface area contributed by atoms with Crippen LogP contribution in [-0.2, 0) is 9.47 Å². The molecule has 142 valence electrons. The molecule has 0 saturated carbocycles. The van der Waals surface area contributed by atoms with E-state index >= 15 is 0 Å². The molecule has 0 spiro atoms. The number of oxazole rings is 1. The van der Waals surface area contributed by atoms with Gasteiger partial charge in [0.25, 0.3) is 0 Å². The number of rotatable bonds is 5. The molecule has 0 atom stereocenters. The normalized spacial score (nSPS) is 10.3. The molecule has 0 fully saturated rings. The lowest BCUT2D eigenvalue weighted by Gasteiger charge is -2.11. The SMILES string of the molecule is CCOC(=O)c1coc(-c2ccccc2-n2cc(C#N)c(N)c2C(=O)OC)n1. The summed E-state index contributed by atoms with van der Waals surface area (Å²) in [6, 6.07) is 8.80. The Balaban J connectivity index is 2.16. The number of nitriles is 1. The Morgan fingerprint density at radius 3 is 2.75 bits per heavy atom. The van der Waals surface area contributed by atoms with Crippen LogP contribution < -0.4 is 5.73 Å². The second-order valence-corrected chi connectivity index (χ2v) is 5.55. The Kier molecular flexibility index (Phi) is 5.13. The zero-order valence-electron chi connectivity index (χ0n) is 15.1. The van der Waals surface area contributed by atoms with Crippen molar-refractivity contribution in [2.75, 3.05) is 19.5 Å². The minimum absolute atomic E-state index is 0.00340. The highest BCUT2D eigenvalue weighted by molar-refractivity contribution is 5.96. The lowest BCUT2D eigenvalue weighted by molar-refractivity contribution is 0.0518. The minimum Gasteiger partial charge on any atom is -0.464 e. The number of benzene rings is 1. The van der Waals surface area contributed by atoms with E-state index in [-0.39, 0.29) is 35.1 Å². The van der Waals surface area contributed by atoms with E-state index < -0.39 is 11.9 Å². The van der Waals surface area contributed by atoms with Crippen molar-refractivity contribution in [1.29, 1.82) is 5.26 Å². The third kappa shape index (κ3) is 3.19. The quantitative estimate of drug-likeness (QED) is 0.668. The molecule has 28 heavy (non-hydrogen) atoms. The highest BCUT2D eigenvalue weighted by Crippen LogP contribution is 2.31. The topological polar surface area (TPSA) is 133 Å². The molecule has 9 heteroatoms. The van der Waals surface area contributed by atoms with Gasteiger partial charge in [0.05, 0.1) is 36.2 Å². The number of hydrogen-bond donors (Lipinski definition) is 1. The van der Waals surface area contributed by atoms with Gasteiger partial charge >= 0.3 is 11.9 Å². The third-order valence-electron chi connectivity index (χ3n) is 3.93. The monoisotopic (exact) mass is 380 g/mol. The van der Waals surface area contributed by atoms with Gasteiger partial charge < -0.3 is 24.2 Å². The molecular formula is C19H16N4O5. The van der Waals surface area contributed by atoms with E-state index in [4.69, 9.17) is 19.6 Å². The van der Waals surface area contributed by atoms with E-state index in [9.17, 15) is 14.9 Å². The fourth-order valence-corrected chi connectivity index (χ4v) is 2.67. The first-order valence-electron chi connectivity index (χ1n) is 8.23. The maximum absolute atomic E-state index is 12.2. The standard InChI is InChI=1S/C19H16N4O5/c1-3-27-18(24)13-10-28-17(22-13)12-6-4-5-7-14(12)23-9-11(8-20)15(21)16(23)19(25)26-2/h4-7,9-10H,3,21H2,1-2H3. The molecular weight excluding hydrogens is 364 g/mol. The molecule has 2 aromatic heterocycles. The van der Waals surface area contributed by atoms with Crippen molar-refractivity contribution in [3.05, 3.63) is 53.7 Å². The molecule has 0 amide bonds. The van der Waals surface area contributed by atoms with E-state index in [0.29, 0.717) is 11.3 Å². The molecule has 0 radical (unpaired) electrons. The highest BCUT2D eigenvalue weighted by Gasteiger charge is 2.24. The summed E-state index contributed by atoms with van der Waals surface area (Å²) in [4.78, 5) is 28.3. The zero-order chi connectivity index (χ0) is 20.3. The van der Waals surface area contributed by atoms with E-state index in [0.717, 1.165) is 0 Å². The number of aromatic nitrogens is 2. The van der Waals surface area contributed by atoms with Crippen LogP contribution in [0.3, 0.4) is 0 Å². The molecule has 0 aliphatic heterocycles. The van der Waals surface area contributed by atoms with Gasteiger partial charge in [-0.05, 0) is 19.1 Å². The van der Waals surface area contributed by atoms with Crippen molar-refractivity contribution in [3.63, 3.8) is 0 Å². The van der Waals surface area contributed by atoms with Crippen LogP contribution in [0.4, 0.5) is 5.69 Å². The number of esters is 2. The van der Waals surface area contributed by atoms with E-state index in [1.807, 2.05) is 6.07 Å². The Morgan fingerprint density at radius 2 is 2.07 bits per heavy atom. The number of carbonyl (C=O) groups excluding carboxylic acids is 2. The molecule has 2 N–H and O–H groups in total. The summed E-state index contributed by atoms with van der Waals surface area (Å²) in [5.41, 5.74) is 7.04. The van der Waals surface area contributed by atoms with Crippen LogP contribution >= 0.6 is 0 Å². The van der Waals surface area contributed by atoms with Crippen molar-refractivity contribution < 1.29 is 23.5 Å². The van der Waals surface area contributed by atoms with Crippen LogP contribution in [0.15, 0.2) is 41.1 Å². The molecule has 0 aliphatic carbocycles. The fourth-order valence-electron chi connectivity index (χ4n) is 2.67. The second-order valence-electron chi connectivity index (χ2n) is 5.55. The first-order chi connectivity index (χ1) is 13.5. The number of nitrogens with zero attached hydrogens (tertiary/aromatic N) is 3. The van der Waals surface area contributed by atoms with Crippen LogP contribution in [0.1, 0.15) is 33.5 Å². The average molecular weight is 380 g/mol. The van der Waals surface area contributed by atoms with E-state index in [1.54, 1.807) is 31.2 Å². The lowest BCUT2D eigenvalue weighted by atomic mass is 10.1. The number of nitrogen functional groups attached to an aromatic ring is 1. The molecule has 1 aromatic carbocycles. The van der Waals surface area contributed by atoms with Crippen molar-refractivity contribution in [3.8, 4) is 23.2 Å². The number of para-hydroxylation sites is 1. The number of carbonyl (C=O) groups is 2. The largest absolute Gasteiger partial charge is 0.464 e. The highest BCUT2D eigenvalue weighted by atomic mass is 16.5. The molecule has 0 saturated heterocycles. The van der Waals surface area contributed by atoms with Crippen molar-refractivity contribution >= 4 is 17.6 Å². The van der Waals surface area contributed by atoms with Crippen LogP contribution in [0.2, 0.25) is 0 Å². The molecule has 2 heterocycles. The van der Waals surface area contributed by atoms with Gasteiger partial charge in [-0.1, -0.05) is 12.1 Å². The van der Waals surface area contributed by atoms with Crippen LogP contribution in [0.5, 0.6) is 0 Å². The van der Waals surface area contributed by atoms with Crippen LogP contribution in [0.25, 0.3) is 17.1 Å². The Labute approximate surface area is 159 Å². The smallest absolute Gasteiger partial charge is 0.360 e. The Hall–Kier alpha value is -4.06. The van der Waals surface area contributed by atoms with Crippen LogP contribution in [0, 0.1) is 11.3 Å². The number of methoxy groups -OCH3 is 1. The van der Waals surface area contributed by atoms with Gasteiger partial charge in [-0.15, -0.1) is 0 Å². The van der Waals surface area contributed by atoms with Gasteiger partial charge in [0.2, 0.25) is 5.89 Å². The van der Waals surface area contributed by atoms with Gasteiger partial charge in [-0.25, -0.2) is 14.6 Å². The summed E-state index contributed by atoms with van der Waals surface area (Å²) in [5.74, 6) is -1.17. The molecule has 3 aromatic rings. The molecule has 3 rings (SSSR count). The lowest BCUT2D eigenvalue weighted by Crippen LogP contribution is -2.11. The summed E-state index contributed by atoms with van der Waals surface area (Å²) in [6.45, 7) is 1.89. The van der Waals surface area contributed by atoms with Gasteiger partial charge in [0.1, 0.15) is 12.3 Å². The van der Waals surface area contributed by atoms with Crippen LogP contribution in [-0.4, -0.2) is 35.2 Å². The number of ether oxygens (including phenoxy) is 2. The summed E-state index contributed by atoms with van der Waals surface area (Å²) in [6.07, 6.45) is 2.62. The van der Waals surface area contributed by atoms with Crippen molar-refractivity contribution in [2.24, 2.45) is 0 Å². The first-order valence-corrected chi connectivity index (χ1v) is 8.23. The Morgan fingerprint density at radius 1 is 1.32 bits per heavy atom. The summed E-state index contributed by atoms with van der Waals surface area (Å²) < 4.78 is 16.6. The summed E-state index contributed by atoms with van der Waals surface area (Å²) in [7, 11) is 1.22. The van der Waals surface area contributed by atoms with Gasteiger partial charge in [-0.2, -0.15) is 5.26 Å². The third-order valence-corrected chi connectivity index (χ3v) is 3.93. The van der Waals surface area contributed by atoms with Gasteiger partial charge in [0.15, 0.2) is 11.4 Å². The average Bonchev–Trinajstić information content (AvgIpc) is 3.32. The molecule has 9 nitrogen and oxygen atoms in total. The zero-order valence-corrected chi connectivity index (χ0v) is 15.1. The molecule has 0 bridgehead atoms. The van der Waals surface area contributed by atoms with Gasteiger partial charge in [0, 0.05) is 6.20 Å². The number of nitrogens with two attached hydrogens (primary N) is 1. The second kappa shape index (κ2) is 7.67. The fraction of sp³-hybridized carbons (Fsp3) is 0.158. The van der Waals surface area contributed by atoms with Crippen molar-refractivity contribution in [2.45, 2.75) is 6.92 Å². The number of hydrogen-bond acceptors (Lipinski definition) is 8. The maximum Gasteiger partial charge on any atom is 0.360 e. The first kappa shape index (κ1) is 18.7. The number of anilines is 1. The summed E-state index contributed by atoms with van der Waals surface area (Å²) in [5, 5.41) is 9.28. The van der Waals surface area contributed by atoms with E-state index in [1.165, 1.54) is 24.1 Å². The Bertz CT molecular complexity index is 1090. The molecule has 0 aliphatic rings. The summed E-state index contributed by atoms with van der Waals surface area (Å²) >= 11 is 0. The molecule has 0 unspecified atom stereocenters. The maximum atomic E-state index is 12.2.